The molecule has 0 aliphatic heterocycles. The monoisotopic (exact) mass is 184 g/mol. The molecule has 4 heteroatoms. The number of allylic oxidation sites excluding steroid dienone is 1. The van der Waals surface area contributed by atoms with Gasteiger partial charge in [0.2, 0.25) is 0 Å². The largest absolute Gasteiger partial charge is 0.465 e. The van der Waals surface area contributed by atoms with Crippen LogP contribution in [0, 0.1) is 0 Å². The molecule has 4 nitrogen and oxygen atoms in total. The van der Waals surface area contributed by atoms with Crippen LogP contribution in [0.5, 0.6) is 0 Å². The maximum absolute atomic E-state index is 10.4. The van der Waals surface area contributed by atoms with E-state index in [1.807, 2.05) is 12.2 Å². The molecule has 0 saturated carbocycles. The Morgan fingerprint density at radius 3 is 3.00 bits per heavy atom. The molecule has 4 N–H and O–H groups in total. The van der Waals surface area contributed by atoms with E-state index in [9.17, 15) is 4.79 Å². The Hall–Kier alpha value is -1.03. The summed E-state index contributed by atoms with van der Waals surface area (Å²) in [5.41, 5.74) is 5.78. The number of amides is 1. The van der Waals surface area contributed by atoms with Crippen LogP contribution in [0.2, 0.25) is 0 Å². The first kappa shape index (κ1) is 10.1. The summed E-state index contributed by atoms with van der Waals surface area (Å²) in [6.45, 7) is 0. The average molecular weight is 184 g/mol. The van der Waals surface area contributed by atoms with Gasteiger partial charge in [-0.05, 0) is 19.3 Å². The summed E-state index contributed by atoms with van der Waals surface area (Å²) in [5.74, 6) is 0. The standard InChI is InChI=1S/C9H16N2O2/c10-7-5-3-1-2-4-6-8(7)11-9(12)13/h3,5,7-8,11H,1-2,4,6,10H2,(H,12,13)/b5-3+/t7-,8+/m0/s1. The van der Waals surface area contributed by atoms with Gasteiger partial charge >= 0.3 is 6.09 Å². The van der Waals surface area contributed by atoms with Gasteiger partial charge in [-0.15, -0.1) is 0 Å². The van der Waals surface area contributed by atoms with Gasteiger partial charge in [-0.2, -0.15) is 0 Å². The Morgan fingerprint density at radius 1 is 1.54 bits per heavy atom. The van der Waals surface area contributed by atoms with Crippen molar-refractivity contribution in [1.29, 1.82) is 0 Å². The molecule has 1 amide bonds. The van der Waals surface area contributed by atoms with Gasteiger partial charge < -0.3 is 16.2 Å². The van der Waals surface area contributed by atoms with E-state index in [2.05, 4.69) is 5.32 Å². The Balaban J connectivity index is 2.52. The molecule has 0 spiro atoms. The van der Waals surface area contributed by atoms with Crippen LogP contribution in [0.15, 0.2) is 12.2 Å². The normalized spacial score (nSPS) is 31.5. The Kier molecular flexibility index (Phi) is 3.76. The van der Waals surface area contributed by atoms with Gasteiger partial charge in [-0.1, -0.05) is 18.6 Å². The number of nitrogens with one attached hydrogen (secondary N) is 1. The lowest BCUT2D eigenvalue weighted by Crippen LogP contribution is -2.46. The highest BCUT2D eigenvalue weighted by Crippen LogP contribution is 2.11. The molecular formula is C9H16N2O2. The van der Waals surface area contributed by atoms with Crippen LogP contribution in [-0.2, 0) is 0 Å². The molecule has 0 bridgehead atoms. The molecule has 0 aromatic heterocycles. The molecule has 0 radical (unpaired) electrons. The van der Waals surface area contributed by atoms with E-state index in [0.717, 1.165) is 25.7 Å². The van der Waals surface area contributed by atoms with E-state index in [1.54, 1.807) is 0 Å². The first-order chi connectivity index (χ1) is 6.20. The van der Waals surface area contributed by atoms with Crippen molar-refractivity contribution in [1.82, 2.24) is 5.32 Å². The summed E-state index contributed by atoms with van der Waals surface area (Å²) in [6, 6.07) is -0.314. The van der Waals surface area contributed by atoms with Crippen LogP contribution in [-0.4, -0.2) is 23.3 Å². The second kappa shape index (κ2) is 4.87. The third-order valence-corrected chi connectivity index (χ3v) is 2.27. The molecule has 0 aromatic rings. The molecule has 74 valence electrons. The SMILES string of the molecule is N[C@H]1/C=C/CCCC[C@H]1NC(=O)O. The van der Waals surface area contributed by atoms with Crippen molar-refractivity contribution >= 4 is 6.09 Å². The fraction of sp³-hybridized carbons (Fsp3) is 0.667. The number of hydrogen-bond donors (Lipinski definition) is 3. The van der Waals surface area contributed by atoms with E-state index in [-0.39, 0.29) is 12.1 Å². The zero-order valence-electron chi connectivity index (χ0n) is 7.57. The summed E-state index contributed by atoms with van der Waals surface area (Å²) in [7, 11) is 0. The second-order valence-corrected chi connectivity index (χ2v) is 3.35. The van der Waals surface area contributed by atoms with E-state index < -0.39 is 6.09 Å². The Labute approximate surface area is 77.8 Å². The molecule has 2 atom stereocenters. The number of carbonyl (C=O) groups is 1. The predicted molar refractivity (Wildman–Crippen MR) is 50.5 cm³/mol. The average Bonchev–Trinajstić information content (AvgIpc) is 2.04. The van der Waals surface area contributed by atoms with Crippen molar-refractivity contribution < 1.29 is 9.90 Å². The van der Waals surface area contributed by atoms with Crippen LogP contribution >= 0.6 is 0 Å². The van der Waals surface area contributed by atoms with Gasteiger partial charge in [0.15, 0.2) is 0 Å². The van der Waals surface area contributed by atoms with Gasteiger partial charge in [0.1, 0.15) is 0 Å². The summed E-state index contributed by atoms with van der Waals surface area (Å²) in [4.78, 5) is 10.4. The van der Waals surface area contributed by atoms with Crippen molar-refractivity contribution in [3.63, 3.8) is 0 Å². The minimum atomic E-state index is -0.991. The fourth-order valence-electron chi connectivity index (χ4n) is 1.53. The lowest BCUT2D eigenvalue weighted by atomic mass is 9.98. The maximum atomic E-state index is 10.4. The van der Waals surface area contributed by atoms with Gasteiger partial charge in [-0.3, -0.25) is 0 Å². The van der Waals surface area contributed by atoms with Gasteiger partial charge in [0, 0.05) is 6.04 Å². The van der Waals surface area contributed by atoms with Gasteiger partial charge in [-0.25, -0.2) is 4.79 Å². The zero-order valence-corrected chi connectivity index (χ0v) is 7.57. The van der Waals surface area contributed by atoms with Crippen molar-refractivity contribution in [2.75, 3.05) is 0 Å². The number of carboxylic acid groups (broad SMARTS) is 1. The molecule has 1 rings (SSSR count). The first-order valence-corrected chi connectivity index (χ1v) is 4.62. The first-order valence-electron chi connectivity index (χ1n) is 4.62. The molecular weight excluding hydrogens is 168 g/mol. The van der Waals surface area contributed by atoms with Gasteiger partial charge in [0.05, 0.1) is 6.04 Å². The highest BCUT2D eigenvalue weighted by molar-refractivity contribution is 5.65. The molecule has 0 unspecified atom stereocenters. The minimum absolute atomic E-state index is 0.131. The third kappa shape index (κ3) is 3.46. The van der Waals surface area contributed by atoms with Crippen molar-refractivity contribution in [3.05, 3.63) is 12.2 Å². The second-order valence-electron chi connectivity index (χ2n) is 3.35. The lowest BCUT2D eigenvalue weighted by Gasteiger charge is -2.22. The van der Waals surface area contributed by atoms with E-state index in [4.69, 9.17) is 10.8 Å². The van der Waals surface area contributed by atoms with Crippen LogP contribution < -0.4 is 11.1 Å². The molecule has 1 aliphatic carbocycles. The van der Waals surface area contributed by atoms with Crippen molar-refractivity contribution in [2.45, 2.75) is 37.8 Å². The summed E-state index contributed by atoms with van der Waals surface area (Å²) in [6.07, 6.45) is 6.95. The Morgan fingerprint density at radius 2 is 2.31 bits per heavy atom. The van der Waals surface area contributed by atoms with Crippen LogP contribution in [0.3, 0.4) is 0 Å². The van der Waals surface area contributed by atoms with Crippen LogP contribution in [0.1, 0.15) is 25.7 Å². The summed E-state index contributed by atoms with van der Waals surface area (Å²) in [5, 5.41) is 11.0. The number of rotatable bonds is 1. The highest BCUT2D eigenvalue weighted by Gasteiger charge is 2.17. The fourth-order valence-corrected chi connectivity index (χ4v) is 1.53. The number of nitrogens with two attached hydrogens (primary N) is 1. The minimum Gasteiger partial charge on any atom is -0.465 e. The van der Waals surface area contributed by atoms with E-state index >= 15 is 0 Å². The van der Waals surface area contributed by atoms with E-state index in [1.165, 1.54) is 0 Å². The Bertz CT molecular complexity index is 204. The van der Waals surface area contributed by atoms with Crippen LogP contribution in [0.25, 0.3) is 0 Å². The summed E-state index contributed by atoms with van der Waals surface area (Å²) >= 11 is 0. The van der Waals surface area contributed by atoms with Gasteiger partial charge in [0.25, 0.3) is 0 Å². The smallest absolute Gasteiger partial charge is 0.404 e. The van der Waals surface area contributed by atoms with Crippen molar-refractivity contribution in [2.24, 2.45) is 5.73 Å². The zero-order chi connectivity index (χ0) is 9.68. The predicted octanol–water partition coefficient (Wildman–Crippen LogP) is 1.08. The van der Waals surface area contributed by atoms with Crippen molar-refractivity contribution in [3.8, 4) is 0 Å². The molecule has 0 saturated heterocycles. The molecule has 0 heterocycles. The molecule has 1 aliphatic rings. The molecule has 0 fully saturated rings. The van der Waals surface area contributed by atoms with Crippen LogP contribution in [0.4, 0.5) is 4.79 Å². The third-order valence-electron chi connectivity index (χ3n) is 2.27. The molecule has 0 aromatic carbocycles. The topological polar surface area (TPSA) is 75.3 Å². The number of hydrogen-bond acceptors (Lipinski definition) is 2. The summed E-state index contributed by atoms with van der Waals surface area (Å²) < 4.78 is 0. The van der Waals surface area contributed by atoms with E-state index in [0.29, 0.717) is 0 Å². The lowest BCUT2D eigenvalue weighted by molar-refractivity contribution is 0.187. The quantitative estimate of drug-likeness (QED) is 0.534. The maximum Gasteiger partial charge on any atom is 0.404 e. The molecule has 13 heavy (non-hydrogen) atoms. The highest BCUT2D eigenvalue weighted by atomic mass is 16.4.